The van der Waals surface area contributed by atoms with Crippen molar-refractivity contribution in [1.82, 2.24) is 24.9 Å². The van der Waals surface area contributed by atoms with Crippen LogP contribution in [0.5, 0.6) is 0 Å². The molecule has 0 atom stereocenters. The number of hydrogen-bond donors (Lipinski definition) is 0. The van der Waals surface area contributed by atoms with Crippen molar-refractivity contribution in [3.05, 3.63) is 23.9 Å². The number of fused-ring (bicyclic) bond motifs is 1. The number of amides is 1. The molecule has 2 aromatic rings. The van der Waals surface area contributed by atoms with Crippen LogP contribution in [-0.4, -0.2) is 43.9 Å². The molecule has 2 heterocycles. The van der Waals surface area contributed by atoms with E-state index in [4.69, 9.17) is 0 Å². The largest absolute Gasteiger partial charge is 0.338 e. The van der Waals surface area contributed by atoms with Crippen molar-refractivity contribution in [3.63, 3.8) is 0 Å². The summed E-state index contributed by atoms with van der Waals surface area (Å²) in [7, 11) is 0. The molecule has 0 aromatic carbocycles. The molecule has 0 aliphatic heterocycles. The minimum atomic E-state index is 0.0733. The Labute approximate surface area is 116 Å². The van der Waals surface area contributed by atoms with Gasteiger partial charge in [0.2, 0.25) is 0 Å². The van der Waals surface area contributed by atoms with Crippen molar-refractivity contribution >= 4 is 11.6 Å². The van der Waals surface area contributed by atoms with Crippen LogP contribution >= 0.6 is 0 Å². The van der Waals surface area contributed by atoms with Crippen LogP contribution in [0, 0.1) is 11.8 Å². The Morgan fingerprint density at radius 2 is 1.95 bits per heavy atom. The van der Waals surface area contributed by atoms with Gasteiger partial charge in [-0.25, -0.2) is 0 Å². The molecular formula is C14H17N5O. The zero-order chi connectivity index (χ0) is 13.5. The third-order valence-corrected chi connectivity index (χ3v) is 4.09. The minimum Gasteiger partial charge on any atom is -0.338 e. The summed E-state index contributed by atoms with van der Waals surface area (Å²) < 4.78 is 1.56. The maximum absolute atomic E-state index is 12.8. The summed E-state index contributed by atoms with van der Waals surface area (Å²) in [5.74, 6) is 1.48. The fourth-order valence-electron chi connectivity index (χ4n) is 2.57. The molecule has 2 aromatic heterocycles. The normalized spacial score (nSPS) is 18.4. The van der Waals surface area contributed by atoms with Crippen molar-refractivity contribution in [3.8, 4) is 0 Å². The number of carbonyl (C=O) groups is 1. The highest BCUT2D eigenvalue weighted by Crippen LogP contribution is 2.34. The van der Waals surface area contributed by atoms with E-state index in [-0.39, 0.29) is 5.91 Å². The van der Waals surface area contributed by atoms with E-state index < -0.39 is 0 Å². The molecular weight excluding hydrogens is 254 g/mol. The monoisotopic (exact) mass is 271 g/mol. The van der Waals surface area contributed by atoms with Gasteiger partial charge in [-0.1, -0.05) is 0 Å². The number of pyridine rings is 1. The van der Waals surface area contributed by atoms with Gasteiger partial charge in [0.15, 0.2) is 5.65 Å². The Kier molecular flexibility index (Phi) is 2.68. The molecule has 4 rings (SSSR count). The zero-order valence-corrected chi connectivity index (χ0v) is 11.3. The second-order valence-corrected chi connectivity index (χ2v) is 5.97. The van der Waals surface area contributed by atoms with E-state index >= 15 is 0 Å². The lowest BCUT2D eigenvalue weighted by Crippen LogP contribution is -2.35. The van der Waals surface area contributed by atoms with Crippen molar-refractivity contribution in [2.75, 3.05) is 13.1 Å². The van der Waals surface area contributed by atoms with Gasteiger partial charge in [0.25, 0.3) is 5.91 Å². The fraction of sp³-hybridized carbons (Fsp3) is 0.571. The molecule has 0 N–H and O–H groups in total. The van der Waals surface area contributed by atoms with Crippen molar-refractivity contribution < 1.29 is 4.79 Å². The van der Waals surface area contributed by atoms with E-state index in [2.05, 4.69) is 15.5 Å². The molecule has 104 valence electrons. The summed E-state index contributed by atoms with van der Waals surface area (Å²) in [4.78, 5) is 14.8. The Hall–Kier alpha value is -1.98. The number of aromatic nitrogens is 4. The van der Waals surface area contributed by atoms with Crippen LogP contribution in [0.3, 0.4) is 0 Å². The Morgan fingerprint density at radius 3 is 2.60 bits per heavy atom. The molecule has 2 aliphatic rings. The van der Waals surface area contributed by atoms with Gasteiger partial charge in [0.05, 0.1) is 5.56 Å². The number of tetrazole rings is 1. The van der Waals surface area contributed by atoms with E-state index in [1.165, 1.54) is 25.7 Å². The molecule has 0 spiro atoms. The van der Waals surface area contributed by atoms with Crippen molar-refractivity contribution in [2.24, 2.45) is 11.8 Å². The lowest BCUT2D eigenvalue weighted by Gasteiger charge is -2.22. The van der Waals surface area contributed by atoms with E-state index in [0.29, 0.717) is 23.0 Å². The van der Waals surface area contributed by atoms with E-state index in [1.807, 2.05) is 17.0 Å². The average Bonchev–Trinajstić information content (AvgIpc) is 3.38. The molecule has 1 amide bonds. The molecule has 2 saturated carbocycles. The average molecular weight is 271 g/mol. The highest BCUT2D eigenvalue weighted by atomic mass is 16.2. The van der Waals surface area contributed by atoms with E-state index in [9.17, 15) is 4.79 Å². The van der Waals surface area contributed by atoms with E-state index in [1.54, 1.807) is 10.7 Å². The molecule has 20 heavy (non-hydrogen) atoms. The molecule has 2 fully saturated rings. The summed E-state index contributed by atoms with van der Waals surface area (Å²) in [6, 6.07) is 3.64. The van der Waals surface area contributed by atoms with Crippen molar-refractivity contribution in [2.45, 2.75) is 25.7 Å². The van der Waals surface area contributed by atoms with Gasteiger partial charge in [-0.15, -0.1) is 5.10 Å². The van der Waals surface area contributed by atoms with Gasteiger partial charge >= 0.3 is 0 Å². The summed E-state index contributed by atoms with van der Waals surface area (Å²) in [5, 5.41) is 11.5. The second kappa shape index (κ2) is 4.54. The van der Waals surface area contributed by atoms with Gasteiger partial charge in [-0.3, -0.25) is 4.79 Å². The van der Waals surface area contributed by atoms with Gasteiger partial charge in [0, 0.05) is 19.3 Å². The third kappa shape index (κ3) is 2.26. The standard InChI is InChI=1S/C14H17N5O/c20-14(12-2-1-7-19-13(12)15-16-17-19)18(8-10-3-4-10)9-11-5-6-11/h1-2,7,10-11H,3-6,8-9H2. The van der Waals surface area contributed by atoms with Crippen LogP contribution in [0.25, 0.3) is 5.65 Å². The Bertz CT molecular complexity index is 630. The van der Waals surface area contributed by atoms with Gasteiger partial charge in [-0.2, -0.15) is 4.52 Å². The van der Waals surface area contributed by atoms with Crippen LogP contribution < -0.4 is 0 Å². The first-order chi connectivity index (χ1) is 9.81. The Morgan fingerprint density at radius 1 is 1.25 bits per heavy atom. The van der Waals surface area contributed by atoms with Crippen LogP contribution in [0.15, 0.2) is 18.3 Å². The smallest absolute Gasteiger partial charge is 0.257 e. The first kappa shape index (κ1) is 11.8. The molecule has 0 bridgehead atoms. The van der Waals surface area contributed by atoms with Crippen molar-refractivity contribution in [1.29, 1.82) is 0 Å². The lowest BCUT2D eigenvalue weighted by molar-refractivity contribution is 0.0741. The van der Waals surface area contributed by atoms with Gasteiger partial charge < -0.3 is 4.90 Å². The molecule has 0 radical (unpaired) electrons. The predicted octanol–water partition coefficient (Wildman–Crippen LogP) is 1.39. The maximum Gasteiger partial charge on any atom is 0.257 e. The van der Waals surface area contributed by atoms with Crippen LogP contribution in [-0.2, 0) is 0 Å². The number of carbonyl (C=O) groups excluding carboxylic acids is 1. The minimum absolute atomic E-state index is 0.0733. The second-order valence-electron chi connectivity index (χ2n) is 5.97. The number of hydrogen-bond acceptors (Lipinski definition) is 4. The number of nitrogens with zero attached hydrogens (tertiary/aromatic N) is 5. The molecule has 6 heteroatoms. The summed E-state index contributed by atoms with van der Waals surface area (Å²) in [6.45, 7) is 1.77. The topological polar surface area (TPSA) is 63.4 Å². The fourth-order valence-corrected chi connectivity index (χ4v) is 2.57. The molecule has 6 nitrogen and oxygen atoms in total. The first-order valence-corrected chi connectivity index (χ1v) is 7.27. The SMILES string of the molecule is O=C(c1cccn2nnnc12)N(CC1CC1)CC1CC1. The van der Waals surface area contributed by atoms with Gasteiger partial charge in [-0.05, 0) is 60.1 Å². The summed E-state index contributed by atoms with van der Waals surface area (Å²) >= 11 is 0. The van der Waals surface area contributed by atoms with E-state index in [0.717, 1.165) is 13.1 Å². The quantitative estimate of drug-likeness (QED) is 0.824. The number of rotatable bonds is 5. The first-order valence-electron chi connectivity index (χ1n) is 7.27. The lowest BCUT2D eigenvalue weighted by atomic mass is 10.2. The molecule has 0 saturated heterocycles. The van der Waals surface area contributed by atoms with Crippen LogP contribution in [0.4, 0.5) is 0 Å². The van der Waals surface area contributed by atoms with Crippen LogP contribution in [0.2, 0.25) is 0 Å². The summed E-state index contributed by atoms with van der Waals surface area (Å²) in [6.07, 6.45) is 6.78. The highest BCUT2D eigenvalue weighted by Gasteiger charge is 2.32. The predicted molar refractivity (Wildman–Crippen MR) is 72.1 cm³/mol. The highest BCUT2D eigenvalue weighted by molar-refractivity contribution is 5.99. The van der Waals surface area contributed by atoms with Crippen LogP contribution in [0.1, 0.15) is 36.0 Å². The molecule has 2 aliphatic carbocycles. The Balaban J connectivity index is 1.63. The zero-order valence-electron chi connectivity index (χ0n) is 11.3. The van der Waals surface area contributed by atoms with Gasteiger partial charge in [0.1, 0.15) is 0 Å². The maximum atomic E-state index is 12.8. The summed E-state index contributed by atoms with van der Waals surface area (Å²) in [5.41, 5.74) is 1.16. The third-order valence-electron chi connectivity index (χ3n) is 4.09. The molecule has 0 unspecified atom stereocenters.